The molecular weight excluding hydrogens is 378 g/mol. The Labute approximate surface area is 179 Å². The van der Waals surface area contributed by atoms with Crippen LogP contribution in [0.15, 0.2) is 54.6 Å². The molecule has 1 atom stereocenters. The van der Waals surface area contributed by atoms with E-state index in [2.05, 4.69) is 17.4 Å². The molecule has 2 aromatic rings. The molecule has 30 heavy (non-hydrogen) atoms. The fourth-order valence-corrected chi connectivity index (χ4v) is 2.98. The number of hydrogen-bond donors (Lipinski definition) is 1. The first-order valence-corrected chi connectivity index (χ1v) is 10.3. The maximum atomic E-state index is 12.4. The lowest BCUT2D eigenvalue weighted by atomic mass is 9.99. The molecule has 1 unspecified atom stereocenters. The van der Waals surface area contributed by atoms with Crippen molar-refractivity contribution in [1.29, 1.82) is 0 Å². The van der Waals surface area contributed by atoms with Gasteiger partial charge in [0.2, 0.25) is 0 Å². The van der Waals surface area contributed by atoms with Gasteiger partial charge < -0.3 is 14.8 Å². The van der Waals surface area contributed by atoms with E-state index in [4.69, 9.17) is 9.47 Å². The Bertz CT molecular complexity index is 800. The molecular formula is C25H33NO4. The van der Waals surface area contributed by atoms with E-state index >= 15 is 0 Å². The van der Waals surface area contributed by atoms with Gasteiger partial charge in [0, 0.05) is 6.04 Å². The maximum Gasteiger partial charge on any atom is 0.407 e. The molecule has 0 spiro atoms. The minimum atomic E-state index is -0.613. The number of rotatable bonds is 6. The first-order valence-electron chi connectivity index (χ1n) is 10.3. The van der Waals surface area contributed by atoms with Crippen molar-refractivity contribution in [2.75, 3.05) is 0 Å². The molecule has 1 amide bonds. The van der Waals surface area contributed by atoms with E-state index in [9.17, 15) is 9.59 Å². The van der Waals surface area contributed by atoms with Crippen molar-refractivity contribution in [3.05, 3.63) is 60.2 Å². The summed E-state index contributed by atoms with van der Waals surface area (Å²) in [6, 6.07) is 17.8. The quantitative estimate of drug-likeness (QED) is 0.636. The second kappa shape index (κ2) is 9.79. The molecule has 0 bridgehead atoms. The average Bonchev–Trinajstić information content (AvgIpc) is 2.59. The molecule has 0 saturated heterocycles. The van der Waals surface area contributed by atoms with Crippen molar-refractivity contribution >= 4 is 12.1 Å². The van der Waals surface area contributed by atoms with Crippen molar-refractivity contribution in [1.82, 2.24) is 5.32 Å². The highest BCUT2D eigenvalue weighted by Gasteiger charge is 2.24. The fraction of sp³-hybridized carbons (Fsp3) is 0.440. The van der Waals surface area contributed by atoms with E-state index in [-0.39, 0.29) is 12.4 Å². The summed E-state index contributed by atoms with van der Waals surface area (Å²) in [5.74, 6) is -0.357. The zero-order chi connectivity index (χ0) is 22.4. The molecule has 0 radical (unpaired) electrons. The van der Waals surface area contributed by atoms with Crippen LogP contribution in [0.25, 0.3) is 11.1 Å². The largest absolute Gasteiger partial charge is 0.460 e. The second-order valence-electron chi connectivity index (χ2n) is 9.40. The summed E-state index contributed by atoms with van der Waals surface area (Å²) >= 11 is 0. The van der Waals surface area contributed by atoms with E-state index in [0.717, 1.165) is 16.7 Å². The smallest absolute Gasteiger partial charge is 0.407 e. The summed E-state index contributed by atoms with van der Waals surface area (Å²) in [5, 5.41) is 2.82. The van der Waals surface area contributed by atoms with E-state index in [1.54, 1.807) is 20.8 Å². The summed E-state index contributed by atoms with van der Waals surface area (Å²) in [6.45, 7) is 10.9. The molecule has 2 rings (SSSR count). The first kappa shape index (κ1) is 23.5. The molecule has 0 aliphatic carbocycles. The van der Waals surface area contributed by atoms with Gasteiger partial charge in [0.1, 0.15) is 11.2 Å². The summed E-state index contributed by atoms with van der Waals surface area (Å²) in [6.07, 6.45) is 0.0155. The van der Waals surface area contributed by atoms with Crippen LogP contribution < -0.4 is 5.32 Å². The van der Waals surface area contributed by atoms with Crippen molar-refractivity contribution < 1.29 is 19.1 Å². The van der Waals surface area contributed by atoms with Gasteiger partial charge in [-0.05, 0) is 64.7 Å². The lowest BCUT2D eigenvalue weighted by Gasteiger charge is -2.25. The molecule has 0 aliphatic rings. The Hall–Kier alpha value is -2.82. The lowest BCUT2D eigenvalue weighted by molar-refractivity contribution is -0.155. The van der Waals surface area contributed by atoms with Crippen LogP contribution in [-0.4, -0.2) is 29.3 Å². The molecule has 0 aromatic heterocycles. The molecule has 1 N–H and O–H groups in total. The predicted octanol–water partition coefficient (Wildman–Crippen LogP) is 5.52. The van der Waals surface area contributed by atoms with Crippen LogP contribution in [0.3, 0.4) is 0 Å². The Balaban J connectivity index is 2.11. The molecule has 0 aliphatic heterocycles. The monoisotopic (exact) mass is 411 g/mol. The SMILES string of the molecule is CC(C)(C)OC(=O)CC(Cc1ccc(-c2ccccc2)cc1)NC(=O)OC(C)(C)C. The summed E-state index contributed by atoms with van der Waals surface area (Å²) in [5.41, 5.74) is 2.08. The number of hydrogen-bond acceptors (Lipinski definition) is 4. The molecule has 5 nitrogen and oxygen atoms in total. The molecule has 2 aromatic carbocycles. The van der Waals surface area contributed by atoms with E-state index in [1.165, 1.54) is 0 Å². The highest BCUT2D eigenvalue weighted by atomic mass is 16.6. The fourth-order valence-electron chi connectivity index (χ4n) is 2.98. The van der Waals surface area contributed by atoms with Crippen molar-refractivity contribution in [3.63, 3.8) is 0 Å². The molecule has 0 heterocycles. The number of amides is 1. The van der Waals surface area contributed by atoms with Crippen molar-refractivity contribution in [2.45, 2.75) is 71.6 Å². The summed E-state index contributed by atoms with van der Waals surface area (Å²) < 4.78 is 10.8. The summed E-state index contributed by atoms with van der Waals surface area (Å²) in [4.78, 5) is 24.6. The molecule has 162 valence electrons. The normalized spacial score (nSPS) is 12.7. The lowest BCUT2D eigenvalue weighted by Crippen LogP contribution is -2.42. The van der Waals surface area contributed by atoms with Crippen LogP contribution in [0.1, 0.15) is 53.5 Å². The van der Waals surface area contributed by atoms with Gasteiger partial charge in [-0.3, -0.25) is 4.79 Å². The van der Waals surface area contributed by atoms with Gasteiger partial charge in [-0.15, -0.1) is 0 Å². The van der Waals surface area contributed by atoms with E-state index in [0.29, 0.717) is 6.42 Å². The van der Waals surface area contributed by atoms with Gasteiger partial charge in [0.15, 0.2) is 0 Å². The molecule has 0 saturated carbocycles. The van der Waals surface area contributed by atoms with Crippen LogP contribution in [0, 0.1) is 0 Å². The third kappa shape index (κ3) is 8.68. The van der Waals surface area contributed by atoms with Crippen LogP contribution in [0.2, 0.25) is 0 Å². The van der Waals surface area contributed by atoms with E-state index in [1.807, 2.05) is 63.2 Å². The number of carbonyl (C=O) groups excluding carboxylic acids is 2. The number of alkyl carbamates (subject to hydrolysis) is 1. The second-order valence-corrected chi connectivity index (χ2v) is 9.40. The predicted molar refractivity (Wildman–Crippen MR) is 119 cm³/mol. The number of esters is 1. The van der Waals surface area contributed by atoms with Crippen molar-refractivity contribution in [3.8, 4) is 11.1 Å². The Morgan fingerprint density at radius 3 is 1.87 bits per heavy atom. The van der Waals surface area contributed by atoms with Gasteiger partial charge in [-0.1, -0.05) is 54.6 Å². The molecule has 5 heteroatoms. The highest BCUT2D eigenvalue weighted by Crippen LogP contribution is 2.20. The first-order chi connectivity index (χ1) is 13.9. The number of benzene rings is 2. The standard InChI is InChI=1S/C25H33NO4/c1-24(2,3)29-22(27)17-21(26-23(28)30-25(4,5)6)16-18-12-14-20(15-13-18)19-10-8-7-9-11-19/h7-15,21H,16-17H2,1-6H3,(H,26,28). The zero-order valence-corrected chi connectivity index (χ0v) is 18.8. The van der Waals surface area contributed by atoms with Crippen LogP contribution in [-0.2, 0) is 20.7 Å². The van der Waals surface area contributed by atoms with Crippen LogP contribution in [0.4, 0.5) is 4.79 Å². The van der Waals surface area contributed by atoms with Gasteiger partial charge >= 0.3 is 12.1 Å². The van der Waals surface area contributed by atoms with Gasteiger partial charge in [0.05, 0.1) is 6.42 Å². The highest BCUT2D eigenvalue weighted by molar-refractivity contribution is 5.73. The Morgan fingerprint density at radius 2 is 1.33 bits per heavy atom. The Kier molecular flexibility index (Phi) is 7.65. The summed E-state index contributed by atoms with van der Waals surface area (Å²) in [7, 11) is 0. The van der Waals surface area contributed by atoms with Crippen LogP contribution in [0.5, 0.6) is 0 Å². The average molecular weight is 412 g/mol. The Morgan fingerprint density at radius 1 is 0.800 bits per heavy atom. The van der Waals surface area contributed by atoms with Gasteiger partial charge in [0.25, 0.3) is 0 Å². The number of carbonyl (C=O) groups is 2. The third-order valence-corrected chi connectivity index (χ3v) is 4.10. The molecule has 0 fully saturated rings. The van der Waals surface area contributed by atoms with Crippen LogP contribution >= 0.6 is 0 Å². The third-order valence-electron chi connectivity index (χ3n) is 4.10. The minimum absolute atomic E-state index is 0.0664. The van der Waals surface area contributed by atoms with Gasteiger partial charge in [-0.2, -0.15) is 0 Å². The van der Waals surface area contributed by atoms with Crippen molar-refractivity contribution in [2.24, 2.45) is 0 Å². The maximum absolute atomic E-state index is 12.4. The zero-order valence-electron chi connectivity index (χ0n) is 18.8. The van der Waals surface area contributed by atoms with Gasteiger partial charge in [-0.25, -0.2) is 4.79 Å². The minimum Gasteiger partial charge on any atom is -0.460 e. The number of ether oxygens (including phenoxy) is 2. The number of nitrogens with one attached hydrogen (secondary N) is 1. The van der Waals surface area contributed by atoms with E-state index < -0.39 is 23.3 Å². The topological polar surface area (TPSA) is 64.6 Å².